The fourth-order valence-corrected chi connectivity index (χ4v) is 4.40. The van der Waals surface area contributed by atoms with Crippen LogP contribution in [0.25, 0.3) is 5.69 Å². The van der Waals surface area contributed by atoms with Crippen LogP contribution >= 0.6 is 0 Å². The molecule has 1 amide bonds. The maximum absolute atomic E-state index is 12.6. The Bertz CT molecular complexity index is 1110. The molecule has 1 aliphatic rings. The Balaban J connectivity index is 1.38. The largest absolute Gasteiger partial charge is 0.379 e. The van der Waals surface area contributed by atoms with Gasteiger partial charge in [-0.3, -0.25) is 9.78 Å². The zero-order valence-electron chi connectivity index (χ0n) is 16.0. The summed E-state index contributed by atoms with van der Waals surface area (Å²) < 4.78 is 33.5. The number of sulfonamides is 1. The highest BCUT2D eigenvalue weighted by atomic mass is 32.2. The molecule has 1 N–H and O–H groups in total. The number of nitrogens with zero attached hydrogens (tertiary/aromatic N) is 5. The van der Waals surface area contributed by atoms with Gasteiger partial charge in [-0.15, -0.1) is 5.10 Å². The summed E-state index contributed by atoms with van der Waals surface area (Å²) in [5, 5.41) is 10.8. The van der Waals surface area contributed by atoms with Crippen molar-refractivity contribution in [2.75, 3.05) is 26.3 Å². The molecular formula is C19H20N6O4S. The summed E-state index contributed by atoms with van der Waals surface area (Å²) in [5.74, 6) is -0.330. The van der Waals surface area contributed by atoms with E-state index < -0.39 is 10.0 Å². The molecule has 156 valence electrons. The second-order valence-corrected chi connectivity index (χ2v) is 8.52. The molecule has 4 rings (SSSR count). The average Bonchev–Trinajstić information content (AvgIpc) is 3.28. The molecule has 3 aromatic rings. The van der Waals surface area contributed by atoms with Gasteiger partial charge in [-0.25, -0.2) is 13.1 Å². The van der Waals surface area contributed by atoms with Gasteiger partial charge in [-0.05, 0) is 36.4 Å². The van der Waals surface area contributed by atoms with Crippen molar-refractivity contribution < 1.29 is 17.9 Å². The fourth-order valence-electron chi connectivity index (χ4n) is 2.99. The lowest BCUT2D eigenvalue weighted by atomic mass is 10.2. The molecule has 10 nitrogen and oxygen atoms in total. The van der Waals surface area contributed by atoms with Crippen molar-refractivity contribution in [2.45, 2.75) is 11.4 Å². The number of hydrogen-bond donors (Lipinski definition) is 1. The molecular weight excluding hydrogens is 408 g/mol. The Morgan fingerprint density at radius 2 is 1.77 bits per heavy atom. The number of hydrogen-bond acceptors (Lipinski definition) is 7. The molecule has 30 heavy (non-hydrogen) atoms. The third-order valence-electron chi connectivity index (χ3n) is 4.62. The summed E-state index contributed by atoms with van der Waals surface area (Å²) >= 11 is 0. The lowest BCUT2D eigenvalue weighted by molar-refractivity contribution is 0.0730. The summed E-state index contributed by atoms with van der Waals surface area (Å²) in [6, 6.07) is 9.47. The number of morpholine rings is 1. The van der Waals surface area contributed by atoms with E-state index in [1.165, 1.54) is 28.6 Å². The van der Waals surface area contributed by atoms with E-state index in [9.17, 15) is 13.2 Å². The maximum Gasteiger partial charge on any atom is 0.251 e. The third kappa shape index (κ3) is 4.37. The van der Waals surface area contributed by atoms with Gasteiger partial charge in [0, 0.05) is 31.0 Å². The van der Waals surface area contributed by atoms with Crippen molar-refractivity contribution in [2.24, 2.45) is 0 Å². The van der Waals surface area contributed by atoms with E-state index in [-0.39, 0.29) is 17.3 Å². The minimum atomic E-state index is -3.59. The van der Waals surface area contributed by atoms with E-state index >= 15 is 0 Å². The van der Waals surface area contributed by atoms with E-state index in [1.807, 2.05) is 0 Å². The van der Waals surface area contributed by atoms with Crippen molar-refractivity contribution in [3.8, 4) is 5.69 Å². The van der Waals surface area contributed by atoms with E-state index in [1.54, 1.807) is 35.4 Å². The number of amides is 1. The molecule has 1 saturated heterocycles. The molecule has 3 heterocycles. The van der Waals surface area contributed by atoms with Crippen LogP contribution in [0.15, 0.2) is 59.9 Å². The number of ether oxygens (including phenoxy) is 1. The predicted molar refractivity (Wildman–Crippen MR) is 106 cm³/mol. The Morgan fingerprint density at radius 1 is 1.07 bits per heavy atom. The number of benzene rings is 1. The normalized spacial score (nSPS) is 15.1. The van der Waals surface area contributed by atoms with Crippen LogP contribution in [0.3, 0.4) is 0 Å². The third-order valence-corrected chi connectivity index (χ3v) is 6.54. The van der Waals surface area contributed by atoms with Crippen molar-refractivity contribution >= 4 is 15.9 Å². The van der Waals surface area contributed by atoms with Crippen LogP contribution in [0.1, 0.15) is 16.1 Å². The molecule has 11 heteroatoms. The molecule has 1 aromatic carbocycles. The average molecular weight is 428 g/mol. The van der Waals surface area contributed by atoms with Crippen LogP contribution in [0.2, 0.25) is 0 Å². The van der Waals surface area contributed by atoms with E-state index in [0.29, 0.717) is 37.6 Å². The van der Waals surface area contributed by atoms with Gasteiger partial charge in [0.25, 0.3) is 5.91 Å². The first-order valence-corrected chi connectivity index (χ1v) is 10.8. The fraction of sp³-hybridized carbons (Fsp3) is 0.263. The molecule has 0 bridgehead atoms. The number of carbonyl (C=O) groups is 1. The molecule has 0 radical (unpaired) electrons. The summed E-state index contributed by atoms with van der Waals surface area (Å²) in [6.45, 7) is 1.60. The lowest BCUT2D eigenvalue weighted by Gasteiger charge is -2.26. The van der Waals surface area contributed by atoms with Gasteiger partial charge in [0.1, 0.15) is 5.69 Å². The predicted octanol–water partition coefficient (Wildman–Crippen LogP) is 0.613. The minimum Gasteiger partial charge on any atom is -0.379 e. The Morgan fingerprint density at radius 3 is 2.47 bits per heavy atom. The smallest absolute Gasteiger partial charge is 0.251 e. The number of aromatic nitrogens is 4. The molecule has 0 aliphatic carbocycles. The maximum atomic E-state index is 12.6. The summed E-state index contributed by atoms with van der Waals surface area (Å²) in [4.78, 5) is 16.5. The van der Waals surface area contributed by atoms with Crippen molar-refractivity contribution in [1.29, 1.82) is 0 Å². The number of nitrogens with one attached hydrogen (secondary N) is 1. The number of rotatable bonds is 6. The van der Waals surface area contributed by atoms with Crippen molar-refractivity contribution in [3.63, 3.8) is 0 Å². The van der Waals surface area contributed by atoms with Crippen LogP contribution in [-0.4, -0.2) is 64.9 Å². The highest BCUT2D eigenvalue weighted by molar-refractivity contribution is 7.89. The Labute approximate surface area is 173 Å². The highest BCUT2D eigenvalue weighted by Gasteiger charge is 2.26. The zero-order valence-corrected chi connectivity index (χ0v) is 16.8. The summed E-state index contributed by atoms with van der Waals surface area (Å²) in [5.41, 5.74) is 1.76. The SMILES string of the molecule is O=C(NCc1cn(-c2ccncc2)nn1)c1ccc(S(=O)(=O)N2CCOCC2)cc1. The van der Waals surface area contributed by atoms with Crippen molar-refractivity contribution in [1.82, 2.24) is 29.6 Å². The molecule has 0 atom stereocenters. The van der Waals surface area contributed by atoms with Crippen LogP contribution in [-0.2, 0) is 21.3 Å². The van der Waals surface area contributed by atoms with Gasteiger partial charge in [-0.1, -0.05) is 5.21 Å². The first-order valence-electron chi connectivity index (χ1n) is 9.32. The van der Waals surface area contributed by atoms with Gasteiger partial charge in [0.15, 0.2) is 0 Å². The molecule has 0 unspecified atom stereocenters. The van der Waals surface area contributed by atoms with Gasteiger partial charge >= 0.3 is 0 Å². The van der Waals surface area contributed by atoms with E-state index in [2.05, 4.69) is 20.6 Å². The van der Waals surface area contributed by atoms with Gasteiger partial charge < -0.3 is 10.1 Å². The molecule has 0 spiro atoms. The van der Waals surface area contributed by atoms with Crippen LogP contribution < -0.4 is 5.32 Å². The quantitative estimate of drug-likeness (QED) is 0.611. The van der Waals surface area contributed by atoms with E-state index in [0.717, 1.165) is 5.69 Å². The summed E-state index contributed by atoms with van der Waals surface area (Å²) in [7, 11) is -3.59. The van der Waals surface area contributed by atoms with Crippen LogP contribution in [0, 0.1) is 0 Å². The van der Waals surface area contributed by atoms with Crippen LogP contribution in [0.4, 0.5) is 0 Å². The number of carbonyl (C=O) groups excluding carboxylic acids is 1. The van der Waals surface area contributed by atoms with Crippen LogP contribution in [0.5, 0.6) is 0 Å². The van der Waals surface area contributed by atoms with Gasteiger partial charge in [0.2, 0.25) is 10.0 Å². The highest BCUT2D eigenvalue weighted by Crippen LogP contribution is 2.17. The topological polar surface area (TPSA) is 119 Å². The Kier molecular flexibility index (Phi) is 5.84. The molecule has 0 saturated carbocycles. The lowest BCUT2D eigenvalue weighted by Crippen LogP contribution is -2.40. The summed E-state index contributed by atoms with van der Waals surface area (Å²) in [6.07, 6.45) is 5.02. The van der Waals surface area contributed by atoms with Crippen molar-refractivity contribution in [3.05, 3.63) is 66.2 Å². The van der Waals surface area contributed by atoms with Gasteiger partial charge in [-0.2, -0.15) is 4.31 Å². The number of pyridine rings is 1. The monoisotopic (exact) mass is 428 g/mol. The first kappa shape index (κ1) is 20.1. The van der Waals surface area contributed by atoms with Gasteiger partial charge in [0.05, 0.1) is 36.5 Å². The first-order chi connectivity index (χ1) is 14.5. The standard InChI is InChI=1S/C19H20N6O4S/c26-19(21-13-16-14-25(23-22-16)17-5-7-20-8-6-17)15-1-3-18(4-2-15)30(27,28)24-9-11-29-12-10-24/h1-8,14H,9-13H2,(H,21,26). The Hall–Kier alpha value is -3.15. The molecule has 1 aliphatic heterocycles. The second-order valence-electron chi connectivity index (χ2n) is 6.58. The second kappa shape index (κ2) is 8.69. The zero-order chi connectivity index (χ0) is 21.0. The van der Waals surface area contributed by atoms with E-state index in [4.69, 9.17) is 4.74 Å². The molecule has 2 aromatic heterocycles. The molecule has 1 fully saturated rings. The minimum absolute atomic E-state index is 0.154.